The third kappa shape index (κ3) is 3.36. The highest BCUT2D eigenvalue weighted by molar-refractivity contribution is 6.69. The molecule has 2 unspecified atom stereocenters. The van der Waals surface area contributed by atoms with E-state index in [4.69, 9.17) is 13.9 Å². The molecule has 0 saturated carbocycles. The quantitative estimate of drug-likeness (QED) is 0.583. The van der Waals surface area contributed by atoms with Crippen molar-refractivity contribution in [1.29, 1.82) is 0 Å². The molecule has 5 nitrogen and oxygen atoms in total. The fraction of sp³-hybridized carbons (Fsp3) is 0.450. The Labute approximate surface area is 156 Å². The first-order valence-electron chi connectivity index (χ1n) is 8.89. The number of rotatable bonds is 4. The molecule has 3 rings (SSSR count). The molecule has 1 aliphatic heterocycles. The van der Waals surface area contributed by atoms with E-state index in [1.807, 2.05) is 18.2 Å². The van der Waals surface area contributed by atoms with Crippen LogP contribution in [0.4, 0.5) is 4.79 Å². The van der Waals surface area contributed by atoms with Crippen molar-refractivity contribution in [2.75, 3.05) is 20.8 Å². The molecule has 0 aliphatic carbocycles. The standard InChI is InChI=1S/C20H27NO4Si/c1-23-19(22)21-14-13-20(24-2,25-26(3,4)5)18(21)17-12-8-10-15-9-6-7-11-16(15)17/h6-12,18H,13-14H2,1-5H3. The van der Waals surface area contributed by atoms with E-state index in [1.54, 1.807) is 12.0 Å². The van der Waals surface area contributed by atoms with Gasteiger partial charge in [-0.2, -0.15) is 0 Å². The van der Waals surface area contributed by atoms with E-state index < -0.39 is 14.1 Å². The van der Waals surface area contributed by atoms with Crippen molar-refractivity contribution in [3.8, 4) is 0 Å². The zero-order chi connectivity index (χ0) is 18.9. The van der Waals surface area contributed by atoms with Gasteiger partial charge in [-0.3, -0.25) is 4.90 Å². The first kappa shape index (κ1) is 18.9. The zero-order valence-electron chi connectivity index (χ0n) is 16.1. The Balaban J connectivity index is 2.19. The summed E-state index contributed by atoms with van der Waals surface area (Å²) in [7, 11) is 1.14. The molecule has 2 aromatic rings. The van der Waals surface area contributed by atoms with Crippen LogP contribution in [0, 0.1) is 0 Å². The van der Waals surface area contributed by atoms with Gasteiger partial charge >= 0.3 is 6.09 Å². The monoisotopic (exact) mass is 373 g/mol. The molecule has 0 N–H and O–H groups in total. The first-order valence-corrected chi connectivity index (χ1v) is 12.3. The van der Waals surface area contributed by atoms with Crippen molar-refractivity contribution >= 4 is 25.2 Å². The average molecular weight is 374 g/mol. The number of nitrogens with zero attached hydrogens (tertiary/aromatic N) is 1. The molecule has 0 bridgehead atoms. The number of carbonyl (C=O) groups is 1. The Hall–Kier alpha value is -1.89. The van der Waals surface area contributed by atoms with Gasteiger partial charge in [0.15, 0.2) is 14.1 Å². The molecule has 1 amide bonds. The Morgan fingerprint density at radius 3 is 2.46 bits per heavy atom. The fourth-order valence-electron chi connectivity index (χ4n) is 3.87. The van der Waals surface area contributed by atoms with E-state index in [0.29, 0.717) is 13.0 Å². The van der Waals surface area contributed by atoms with Crippen molar-refractivity contribution in [3.63, 3.8) is 0 Å². The van der Waals surface area contributed by atoms with Crippen LogP contribution in [0.5, 0.6) is 0 Å². The molecule has 0 radical (unpaired) electrons. The number of benzene rings is 2. The summed E-state index contributed by atoms with van der Waals surface area (Å²) in [4.78, 5) is 14.2. The normalized spacial score (nSPS) is 23.4. The maximum atomic E-state index is 12.5. The minimum atomic E-state index is -1.94. The second-order valence-corrected chi connectivity index (χ2v) is 12.0. The molecule has 6 heteroatoms. The van der Waals surface area contributed by atoms with Crippen LogP contribution in [-0.4, -0.2) is 45.9 Å². The van der Waals surface area contributed by atoms with Gasteiger partial charge in [0.05, 0.1) is 7.11 Å². The molecule has 2 atom stereocenters. The highest BCUT2D eigenvalue weighted by Crippen LogP contribution is 2.47. The van der Waals surface area contributed by atoms with Crippen LogP contribution in [-0.2, 0) is 13.9 Å². The molecule has 26 heavy (non-hydrogen) atoms. The van der Waals surface area contributed by atoms with Crippen LogP contribution in [0.25, 0.3) is 10.8 Å². The Morgan fingerprint density at radius 2 is 1.81 bits per heavy atom. The van der Waals surface area contributed by atoms with Crippen LogP contribution in [0.3, 0.4) is 0 Å². The van der Waals surface area contributed by atoms with Gasteiger partial charge in [0.1, 0.15) is 6.04 Å². The summed E-state index contributed by atoms with van der Waals surface area (Å²) in [5.41, 5.74) is 1.02. The lowest BCUT2D eigenvalue weighted by molar-refractivity contribution is -0.184. The van der Waals surface area contributed by atoms with Crippen molar-refractivity contribution in [2.45, 2.75) is 37.9 Å². The van der Waals surface area contributed by atoms with E-state index in [9.17, 15) is 4.79 Å². The van der Waals surface area contributed by atoms with Gasteiger partial charge in [-0.05, 0) is 36.0 Å². The SMILES string of the molecule is COC(=O)N1CCC(OC)(O[Si](C)(C)C)C1c1cccc2ccccc12. The molecule has 140 valence electrons. The Bertz CT molecular complexity index is 798. The Kier molecular flexibility index (Phi) is 5.10. The van der Waals surface area contributed by atoms with Gasteiger partial charge in [0.25, 0.3) is 0 Å². The summed E-state index contributed by atoms with van der Waals surface area (Å²) in [5.74, 6) is -0.872. The maximum Gasteiger partial charge on any atom is 0.410 e. The third-order valence-corrected chi connectivity index (χ3v) is 5.74. The number of ether oxygens (including phenoxy) is 2. The summed E-state index contributed by atoms with van der Waals surface area (Å²) in [5, 5.41) is 2.22. The molecule has 0 spiro atoms. The lowest BCUT2D eigenvalue weighted by Crippen LogP contribution is -2.49. The van der Waals surface area contributed by atoms with Gasteiger partial charge in [-0.25, -0.2) is 4.79 Å². The zero-order valence-corrected chi connectivity index (χ0v) is 17.1. The number of fused-ring (bicyclic) bond motifs is 1. The molecular weight excluding hydrogens is 346 g/mol. The van der Waals surface area contributed by atoms with E-state index in [1.165, 1.54) is 7.11 Å². The topological polar surface area (TPSA) is 48.0 Å². The van der Waals surface area contributed by atoms with E-state index in [2.05, 4.69) is 43.9 Å². The van der Waals surface area contributed by atoms with Crippen LogP contribution in [0.15, 0.2) is 42.5 Å². The first-order chi connectivity index (χ1) is 12.3. The highest BCUT2D eigenvalue weighted by atomic mass is 28.4. The summed E-state index contributed by atoms with van der Waals surface area (Å²) in [6.07, 6.45) is 0.248. The second kappa shape index (κ2) is 7.02. The minimum Gasteiger partial charge on any atom is -0.453 e. The third-order valence-electron chi connectivity index (χ3n) is 4.78. The number of methoxy groups -OCH3 is 2. The van der Waals surface area contributed by atoms with Crippen LogP contribution < -0.4 is 0 Å². The van der Waals surface area contributed by atoms with Crippen LogP contribution in [0.2, 0.25) is 19.6 Å². The van der Waals surface area contributed by atoms with E-state index >= 15 is 0 Å². The van der Waals surface area contributed by atoms with Gasteiger partial charge in [-0.1, -0.05) is 42.5 Å². The van der Waals surface area contributed by atoms with Crippen molar-refractivity contribution in [2.24, 2.45) is 0 Å². The number of amides is 1. The maximum absolute atomic E-state index is 12.5. The number of carbonyl (C=O) groups excluding carboxylic acids is 1. The van der Waals surface area contributed by atoms with Crippen LogP contribution >= 0.6 is 0 Å². The van der Waals surface area contributed by atoms with Gasteiger partial charge in [0, 0.05) is 20.1 Å². The van der Waals surface area contributed by atoms with Crippen molar-refractivity contribution in [3.05, 3.63) is 48.0 Å². The molecule has 1 aliphatic rings. The van der Waals surface area contributed by atoms with Gasteiger partial charge in [0.2, 0.25) is 0 Å². The summed E-state index contributed by atoms with van der Waals surface area (Å²) >= 11 is 0. The lowest BCUT2D eigenvalue weighted by Gasteiger charge is -2.41. The van der Waals surface area contributed by atoms with E-state index in [0.717, 1.165) is 16.3 Å². The second-order valence-electron chi connectivity index (χ2n) is 7.61. The van der Waals surface area contributed by atoms with Gasteiger partial charge in [-0.15, -0.1) is 0 Å². The molecular formula is C20H27NO4Si. The molecule has 1 fully saturated rings. The average Bonchev–Trinajstić information content (AvgIpc) is 2.98. The van der Waals surface area contributed by atoms with Crippen LogP contribution in [0.1, 0.15) is 18.0 Å². The Morgan fingerprint density at radius 1 is 1.12 bits per heavy atom. The minimum absolute atomic E-state index is 0.360. The van der Waals surface area contributed by atoms with E-state index in [-0.39, 0.29) is 12.1 Å². The lowest BCUT2D eigenvalue weighted by atomic mass is 9.93. The fourth-order valence-corrected chi connectivity index (χ4v) is 5.20. The van der Waals surface area contributed by atoms with Gasteiger partial charge < -0.3 is 13.9 Å². The molecule has 0 aromatic heterocycles. The summed E-state index contributed by atoms with van der Waals surface area (Å²) < 4.78 is 17.6. The molecule has 1 heterocycles. The predicted octanol–water partition coefficient (Wildman–Crippen LogP) is 4.55. The summed E-state index contributed by atoms with van der Waals surface area (Å²) in [6, 6.07) is 14.0. The number of likely N-dealkylation sites (tertiary alicyclic amines) is 1. The summed E-state index contributed by atoms with van der Waals surface area (Å²) in [6.45, 7) is 6.93. The largest absolute Gasteiger partial charge is 0.453 e. The highest BCUT2D eigenvalue weighted by Gasteiger charge is 2.54. The smallest absolute Gasteiger partial charge is 0.410 e. The molecule has 2 aromatic carbocycles. The van der Waals surface area contributed by atoms with Crippen molar-refractivity contribution in [1.82, 2.24) is 4.90 Å². The predicted molar refractivity (Wildman–Crippen MR) is 105 cm³/mol. The number of hydrogen-bond acceptors (Lipinski definition) is 4. The molecule has 1 saturated heterocycles. The number of hydrogen-bond donors (Lipinski definition) is 0. The van der Waals surface area contributed by atoms with Crippen molar-refractivity contribution < 1.29 is 18.7 Å².